The van der Waals surface area contributed by atoms with Crippen molar-refractivity contribution in [3.63, 3.8) is 0 Å². The Labute approximate surface area is 103 Å². The van der Waals surface area contributed by atoms with Crippen molar-refractivity contribution in [2.75, 3.05) is 12.8 Å². The lowest BCUT2D eigenvalue weighted by Crippen LogP contribution is -2.14. The Morgan fingerprint density at radius 1 is 1.24 bits per heavy atom. The van der Waals surface area contributed by atoms with Crippen LogP contribution in [0.2, 0.25) is 0 Å². The SMILES string of the molecule is CCCCNCc1ccc(OS(C)(=O)=O)cc1. The molecule has 0 aliphatic carbocycles. The van der Waals surface area contributed by atoms with E-state index in [0.29, 0.717) is 5.75 Å². The third-order valence-electron chi connectivity index (χ3n) is 2.21. The summed E-state index contributed by atoms with van der Waals surface area (Å²) in [5.41, 5.74) is 1.11. The van der Waals surface area contributed by atoms with Crippen LogP contribution in [0.3, 0.4) is 0 Å². The second-order valence-electron chi connectivity index (χ2n) is 3.96. The third kappa shape index (κ3) is 6.28. The van der Waals surface area contributed by atoms with Crippen LogP contribution in [-0.2, 0) is 16.7 Å². The molecule has 0 bridgehead atoms. The number of rotatable bonds is 7. The average Bonchev–Trinajstić information content (AvgIpc) is 2.25. The predicted octanol–water partition coefficient (Wildman–Crippen LogP) is 1.91. The van der Waals surface area contributed by atoms with Crippen LogP contribution in [0.4, 0.5) is 0 Å². The largest absolute Gasteiger partial charge is 0.383 e. The molecule has 1 N–H and O–H groups in total. The summed E-state index contributed by atoms with van der Waals surface area (Å²) in [6.45, 7) is 3.94. The molecule has 0 amide bonds. The van der Waals surface area contributed by atoms with Gasteiger partial charge in [0.2, 0.25) is 0 Å². The Hall–Kier alpha value is -1.07. The minimum Gasteiger partial charge on any atom is -0.383 e. The second kappa shape index (κ2) is 6.61. The molecule has 1 aromatic rings. The maximum Gasteiger partial charge on any atom is 0.306 e. The van der Waals surface area contributed by atoms with Crippen LogP contribution in [0.15, 0.2) is 24.3 Å². The molecule has 1 rings (SSSR count). The van der Waals surface area contributed by atoms with Crippen LogP contribution >= 0.6 is 0 Å². The van der Waals surface area contributed by atoms with Crippen molar-refractivity contribution in [1.29, 1.82) is 0 Å². The standard InChI is InChI=1S/C12H19NO3S/c1-3-4-9-13-10-11-5-7-12(8-6-11)16-17(2,14)15/h5-8,13H,3-4,9-10H2,1-2H3. The van der Waals surface area contributed by atoms with Crippen LogP contribution < -0.4 is 9.50 Å². The Bertz CT molecular complexity index is 426. The van der Waals surface area contributed by atoms with Gasteiger partial charge in [0.1, 0.15) is 5.75 Å². The van der Waals surface area contributed by atoms with Crippen molar-refractivity contribution in [1.82, 2.24) is 5.32 Å². The minimum atomic E-state index is -3.43. The van der Waals surface area contributed by atoms with Gasteiger partial charge in [0.05, 0.1) is 6.26 Å². The fourth-order valence-corrected chi connectivity index (χ4v) is 1.83. The molecule has 5 heteroatoms. The zero-order valence-corrected chi connectivity index (χ0v) is 11.1. The van der Waals surface area contributed by atoms with E-state index in [1.807, 2.05) is 12.1 Å². The number of unbranched alkanes of at least 4 members (excludes halogenated alkanes) is 1. The summed E-state index contributed by atoms with van der Waals surface area (Å²) in [6.07, 6.45) is 3.37. The molecule has 0 fully saturated rings. The van der Waals surface area contributed by atoms with Crippen molar-refractivity contribution < 1.29 is 12.6 Å². The molecular formula is C12H19NO3S. The molecule has 0 unspecified atom stereocenters. The molecule has 0 saturated carbocycles. The van der Waals surface area contributed by atoms with Crippen LogP contribution in [0.1, 0.15) is 25.3 Å². The second-order valence-corrected chi connectivity index (χ2v) is 5.54. The first-order chi connectivity index (χ1) is 8.01. The van der Waals surface area contributed by atoms with Gasteiger partial charge >= 0.3 is 10.1 Å². The topological polar surface area (TPSA) is 55.4 Å². The van der Waals surface area contributed by atoms with Gasteiger partial charge < -0.3 is 9.50 Å². The van der Waals surface area contributed by atoms with E-state index in [0.717, 1.165) is 31.3 Å². The Kier molecular flexibility index (Phi) is 5.44. The molecule has 0 saturated heterocycles. The lowest BCUT2D eigenvalue weighted by Gasteiger charge is -2.06. The minimum absolute atomic E-state index is 0.352. The van der Waals surface area contributed by atoms with E-state index in [1.54, 1.807) is 12.1 Å². The average molecular weight is 257 g/mol. The summed E-state index contributed by atoms with van der Waals surface area (Å²) in [6, 6.07) is 7.05. The van der Waals surface area contributed by atoms with Crippen LogP contribution in [0, 0.1) is 0 Å². The molecule has 0 aliphatic rings. The first-order valence-electron chi connectivity index (χ1n) is 5.70. The van der Waals surface area contributed by atoms with E-state index in [-0.39, 0.29) is 0 Å². The number of nitrogens with one attached hydrogen (secondary N) is 1. The van der Waals surface area contributed by atoms with Gasteiger partial charge in [0.15, 0.2) is 0 Å². The normalized spacial score (nSPS) is 11.4. The molecular weight excluding hydrogens is 238 g/mol. The van der Waals surface area contributed by atoms with Crippen molar-refractivity contribution in [2.24, 2.45) is 0 Å². The van der Waals surface area contributed by atoms with Crippen LogP contribution in [0.25, 0.3) is 0 Å². The van der Waals surface area contributed by atoms with E-state index in [1.165, 1.54) is 6.42 Å². The molecule has 0 atom stereocenters. The quantitative estimate of drug-likeness (QED) is 0.599. The maximum atomic E-state index is 10.9. The fraction of sp³-hybridized carbons (Fsp3) is 0.500. The van der Waals surface area contributed by atoms with Gasteiger partial charge in [-0.3, -0.25) is 0 Å². The van der Waals surface area contributed by atoms with Gasteiger partial charge in [-0.25, -0.2) is 0 Å². The molecule has 0 aromatic heterocycles. The summed E-state index contributed by atoms with van der Waals surface area (Å²) in [4.78, 5) is 0. The van der Waals surface area contributed by atoms with Gasteiger partial charge in [-0.2, -0.15) is 8.42 Å². The predicted molar refractivity (Wildman–Crippen MR) is 68.5 cm³/mol. The molecule has 1 aromatic carbocycles. The molecule has 0 spiro atoms. The lowest BCUT2D eigenvalue weighted by atomic mass is 10.2. The summed E-state index contributed by atoms with van der Waals surface area (Å²) >= 11 is 0. The Morgan fingerprint density at radius 2 is 1.88 bits per heavy atom. The van der Waals surface area contributed by atoms with Gasteiger partial charge in [0, 0.05) is 6.54 Å². The van der Waals surface area contributed by atoms with E-state index in [2.05, 4.69) is 12.2 Å². The molecule has 17 heavy (non-hydrogen) atoms. The highest BCUT2D eigenvalue weighted by molar-refractivity contribution is 7.86. The summed E-state index contributed by atoms with van der Waals surface area (Å²) in [5.74, 6) is 0.352. The fourth-order valence-electron chi connectivity index (χ4n) is 1.37. The van der Waals surface area contributed by atoms with Gasteiger partial charge in [0.25, 0.3) is 0 Å². The summed E-state index contributed by atoms with van der Waals surface area (Å²) < 4.78 is 26.5. The van der Waals surface area contributed by atoms with Crippen LogP contribution in [0.5, 0.6) is 5.75 Å². The Balaban J connectivity index is 2.45. The first kappa shape index (κ1) is 14.0. The maximum absolute atomic E-state index is 10.9. The molecule has 0 radical (unpaired) electrons. The number of hydrogen-bond acceptors (Lipinski definition) is 4. The number of hydrogen-bond donors (Lipinski definition) is 1. The van der Waals surface area contributed by atoms with E-state index in [9.17, 15) is 8.42 Å². The van der Waals surface area contributed by atoms with E-state index < -0.39 is 10.1 Å². The van der Waals surface area contributed by atoms with Crippen molar-refractivity contribution in [2.45, 2.75) is 26.3 Å². The van der Waals surface area contributed by atoms with Crippen molar-refractivity contribution in [3.8, 4) is 5.75 Å². The van der Waals surface area contributed by atoms with E-state index >= 15 is 0 Å². The molecule has 0 aliphatic heterocycles. The molecule has 4 nitrogen and oxygen atoms in total. The first-order valence-corrected chi connectivity index (χ1v) is 7.52. The highest BCUT2D eigenvalue weighted by Gasteiger charge is 2.03. The van der Waals surface area contributed by atoms with Gasteiger partial charge in [-0.15, -0.1) is 0 Å². The number of benzene rings is 1. The van der Waals surface area contributed by atoms with Crippen molar-refractivity contribution >= 4 is 10.1 Å². The van der Waals surface area contributed by atoms with Crippen molar-refractivity contribution in [3.05, 3.63) is 29.8 Å². The highest BCUT2D eigenvalue weighted by atomic mass is 32.2. The highest BCUT2D eigenvalue weighted by Crippen LogP contribution is 2.13. The summed E-state index contributed by atoms with van der Waals surface area (Å²) in [7, 11) is -3.43. The zero-order valence-electron chi connectivity index (χ0n) is 10.3. The smallest absolute Gasteiger partial charge is 0.306 e. The van der Waals surface area contributed by atoms with Crippen LogP contribution in [-0.4, -0.2) is 21.2 Å². The van der Waals surface area contributed by atoms with E-state index in [4.69, 9.17) is 4.18 Å². The monoisotopic (exact) mass is 257 g/mol. The molecule has 0 heterocycles. The van der Waals surface area contributed by atoms with Gasteiger partial charge in [-0.05, 0) is 30.7 Å². The third-order valence-corrected chi connectivity index (χ3v) is 2.70. The Morgan fingerprint density at radius 3 is 2.41 bits per heavy atom. The molecule has 96 valence electrons. The lowest BCUT2D eigenvalue weighted by molar-refractivity contribution is 0.493. The summed E-state index contributed by atoms with van der Waals surface area (Å²) in [5, 5.41) is 3.31. The zero-order chi connectivity index (χ0) is 12.7. The van der Waals surface area contributed by atoms with Gasteiger partial charge in [-0.1, -0.05) is 25.5 Å².